The highest BCUT2D eigenvalue weighted by atomic mass is 35.5. The van der Waals surface area contributed by atoms with Crippen molar-refractivity contribution in [1.82, 2.24) is 0 Å². The second-order valence-electron chi connectivity index (χ2n) is 4.48. The SMILES string of the molecule is O=C(Nc1cc(Cl)cc(Cl)c1)Nc1cccc(Cl)c1CCO. The molecule has 2 aromatic carbocycles. The van der Waals surface area contributed by atoms with E-state index in [0.717, 1.165) is 0 Å². The number of benzene rings is 2. The Hall–Kier alpha value is -1.46. The van der Waals surface area contributed by atoms with Crippen LogP contribution in [0, 0.1) is 0 Å². The minimum Gasteiger partial charge on any atom is -0.396 e. The molecule has 0 unspecified atom stereocenters. The Morgan fingerprint density at radius 3 is 2.36 bits per heavy atom. The molecule has 0 aromatic heterocycles. The molecule has 0 heterocycles. The van der Waals surface area contributed by atoms with Crippen LogP contribution in [0.25, 0.3) is 0 Å². The summed E-state index contributed by atoms with van der Waals surface area (Å²) in [4.78, 5) is 12.1. The third-order valence-electron chi connectivity index (χ3n) is 2.85. The van der Waals surface area contributed by atoms with Crippen molar-refractivity contribution in [3.8, 4) is 0 Å². The second-order valence-corrected chi connectivity index (χ2v) is 5.76. The van der Waals surface area contributed by atoms with Crippen molar-refractivity contribution in [2.75, 3.05) is 17.2 Å². The van der Waals surface area contributed by atoms with Crippen LogP contribution in [0.1, 0.15) is 5.56 Å². The van der Waals surface area contributed by atoms with E-state index in [-0.39, 0.29) is 6.61 Å². The van der Waals surface area contributed by atoms with Crippen LogP contribution < -0.4 is 10.6 Å². The van der Waals surface area contributed by atoms with Gasteiger partial charge in [0.15, 0.2) is 0 Å². The topological polar surface area (TPSA) is 61.4 Å². The van der Waals surface area contributed by atoms with E-state index in [1.807, 2.05) is 0 Å². The van der Waals surface area contributed by atoms with Crippen molar-refractivity contribution >= 4 is 52.2 Å². The smallest absolute Gasteiger partial charge is 0.323 e. The van der Waals surface area contributed by atoms with Gasteiger partial charge in [-0.1, -0.05) is 40.9 Å². The molecule has 0 spiro atoms. The lowest BCUT2D eigenvalue weighted by molar-refractivity contribution is 0.262. The van der Waals surface area contributed by atoms with Crippen molar-refractivity contribution in [3.63, 3.8) is 0 Å². The Labute approximate surface area is 143 Å². The number of aliphatic hydroxyl groups excluding tert-OH is 1. The molecule has 7 heteroatoms. The molecule has 2 aromatic rings. The Kier molecular flexibility index (Phi) is 5.91. The normalized spacial score (nSPS) is 10.4. The van der Waals surface area contributed by atoms with E-state index in [1.165, 1.54) is 0 Å². The fourth-order valence-electron chi connectivity index (χ4n) is 1.95. The maximum Gasteiger partial charge on any atom is 0.323 e. The fourth-order valence-corrected chi connectivity index (χ4v) is 2.75. The van der Waals surface area contributed by atoms with Gasteiger partial charge in [-0.15, -0.1) is 0 Å². The number of urea groups is 1. The van der Waals surface area contributed by atoms with Crippen molar-refractivity contribution < 1.29 is 9.90 Å². The largest absolute Gasteiger partial charge is 0.396 e. The highest BCUT2D eigenvalue weighted by Crippen LogP contribution is 2.26. The van der Waals surface area contributed by atoms with Gasteiger partial charge in [0, 0.05) is 33.0 Å². The van der Waals surface area contributed by atoms with Gasteiger partial charge in [-0.2, -0.15) is 0 Å². The fraction of sp³-hybridized carbons (Fsp3) is 0.133. The molecule has 116 valence electrons. The maximum absolute atomic E-state index is 12.1. The number of aliphatic hydroxyl groups is 1. The molecule has 0 bridgehead atoms. The Bertz CT molecular complexity index is 672. The Balaban J connectivity index is 2.14. The van der Waals surface area contributed by atoms with Crippen LogP contribution in [0.4, 0.5) is 16.2 Å². The molecule has 2 amide bonds. The molecular formula is C15H13Cl3N2O2. The van der Waals surface area contributed by atoms with Crippen LogP contribution in [-0.2, 0) is 6.42 Å². The van der Waals surface area contributed by atoms with E-state index in [4.69, 9.17) is 39.9 Å². The summed E-state index contributed by atoms with van der Waals surface area (Å²) >= 11 is 17.8. The molecule has 0 radical (unpaired) electrons. The van der Waals surface area contributed by atoms with Crippen LogP contribution in [0.15, 0.2) is 36.4 Å². The number of amides is 2. The summed E-state index contributed by atoms with van der Waals surface area (Å²) in [6, 6.07) is 9.41. The van der Waals surface area contributed by atoms with Crippen molar-refractivity contribution in [3.05, 3.63) is 57.0 Å². The molecule has 0 atom stereocenters. The summed E-state index contributed by atoms with van der Waals surface area (Å²) in [6.45, 7) is -0.0655. The van der Waals surface area contributed by atoms with E-state index in [1.54, 1.807) is 36.4 Å². The van der Waals surface area contributed by atoms with Gasteiger partial charge >= 0.3 is 6.03 Å². The molecule has 0 aliphatic rings. The lowest BCUT2D eigenvalue weighted by Crippen LogP contribution is -2.20. The third kappa shape index (κ3) is 4.52. The molecule has 0 saturated carbocycles. The van der Waals surface area contributed by atoms with Gasteiger partial charge < -0.3 is 15.7 Å². The first-order valence-corrected chi connectivity index (χ1v) is 7.55. The molecule has 4 nitrogen and oxygen atoms in total. The first-order chi connectivity index (χ1) is 10.5. The van der Waals surface area contributed by atoms with E-state index in [9.17, 15) is 4.79 Å². The third-order valence-corrected chi connectivity index (χ3v) is 3.64. The molecular weight excluding hydrogens is 347 g/mol. The van der Waals surface area contributed by atoms with Gasteiger partial charge in [-0.05, 0) is 42.3 Å². The Morgan fingerprint density at radius 2 is 1.73 bits per heavy atom. The van der Waals surface area contributed by atoms with Crippen molar-refractivity contribution in [1.29, 1.82) is 0 Å². The van der Waals surface area contributed by atoms with Gasteiger partial charge in [0.2, 0.25) is 0 Å². The minimum absolute atomic E-state index is 0.0655. The highest BCUT2D eigenvalue weighted by Gasteiger charge is 2.10. The quantitative estimate of drug-likeness (QED) is 0.732. The van der Waals surface area contributed by atoms with Crippen LogP contribution in [0.5, 0.6) is 0 Å². The summed E-state index contributed by atoms with van der Waals surface area (Å²) < 4.78 is 0. The number of hydrogen-bond acceptors (Lipinski definition) is 2. The molecule has 0 fully saturated rings. The average molecular weight is 360 g/mol. The zero-order chi connectivity index (χ0) is 16.1. The Morgan fingerprint density at radius 1 is 1.05 bits per heavy atom. The monoisotopic (exact) mass is 358 g/mol. The van der Waals surface area contributed by atoms with Crippen LogP contribution in [0.2, 0.25) is 15.1 Å². The molecule has 0 saturated heterocycles. The van der Waals surface area contributed by atoms with Gasteiger partial charge in [0.05, 0.1) is 0 Å². The van der Waals surface area contributed by atoms with Crippen LogP contribution >= 0.6 is 34.8 Å². The average Bonchev–Trinajstić information content (AvgIpc) is 2.41. The zero-order valence-electron chi connectivity index (χ0n) is 11.4. The van der Waals surface area contributed by atoms with E-state index in [2.05, 4.69) is 10.6 Å². The van der Waals surface area contributed by atoms with Crippen molar-refractivity contribution in [2.24, 2.45) is 0 Å². The van der Waals surface area contributed by atoms with Gasteiger partial charge in [0.25, 0.3) is 0 Å². The lowest BCUT2D eigenvalue weighted by atomic mass is 10.1. The van der Waals surface area contributed by atoms with E-state index < -0.39 is 6.03 Å². The molecule has 2 rings (SSSR count). The van der Waals surface area contributed by atoms with E-state index in [0.29, 0.717) is 38.4 Å². The summed E-state index contributed by atoms with van der Waals surface area (Å²) in [5.41, 5.74) is 1.68. The number of anilines is 2. The summed E-state index contributed by atoms with van der Waals surface area (Å²) in [7, 11) is 0. The summed E-state index contributed by atoms with van der Waals surface area (Å²) in [6.07, 6.45) is 0.346. The number of halogens is 3. The standard InChI is InChI=1S/C15H13Cl3N2O2/c16-9-6-10(17)8-11(7-9)19-15(22)20-14-3-1-2-13(18)12(14)4-5-21/h1-3,6-8,21H,4-5H2,(H2,19,20,22). The number of carbonyl (C=O) groups excluding carboxylic acids is 1. The predicted molar refractivity (Wildman–Crippen MR) is 91.3 cm³/mol. The summed E-state index contributed by atoms with van der Waals surface area (Å²) in [5, 5.41) is 15.7. The number of hydrogen-bond donors (Lipinski definition) is 3. The highest BCUT2D eigenvalue weighted by molar-refractivity contribution is 6.35. The second kappa shape index (κ2) is 7.70. The maximum atomic E-state index is 12.1. The minimum atomic E-state index is -0.459. The number of nitrogens with one attached hydrogen (secondary N) is 2. The first kappa shape index (κ1) is 16.9. The molecule has 22 heavy (non-hydrogen) atoms. The molecule has 0 aliphatic carbocycles. The molecule has 0 aliphatic heterocycles. The predicted octanol–water partition coefficient (Wildman–Crippen LogP) is 4.83. The number of rotatable bonds is 4. The molecule has 3 N–H and O–H groups in total. The van der Waals surface area contributed by atoms with Gasteiger partial charge in [-0.3, -0.25) is 0 Å². The zero-order valence-corrected chi connectivity index (χ0v) is 13.6. The van der Waals surface area contributed by atoms with E-state index >= 15 is 0 Å². The first-order valence-electron chi connectivity index (χ1n) is 6.42. The van der Waals surface area contributed by atoms with Gasteiger partial charge in [0.1, 0.15) is 0 Å². The van der Waals surface area contributed by atoms with Crippen LogP contribution in [0.3, 0.4) is 0 Å². The van der Waals surface area contributed by atoms with Crippen molar-refractivity contribution in [2.45, 2.75) is 6.42 Å². The lowest BCUT2D eigenvalue weighted by Gasteiger charge is -2.13. The van der Waals surface area contributed by atoms with Gasteiger partial charge in [-0.25, -0.2) is 4.79 Å². The van der Waals surface area contributed by atoms with Crippen LogP contribution in [-0.4, -0.2) is 17.7 Å². The summed E-state index contributed by atoms with van der Waals surface area (Å²) in [5.74, 6) is 0. The number of carbonyl (C=O) groups is 1.